The summed E-state index contributed by atoms with van der Waals surface area (Å²) in [5.74, 6) is -1.42. The molecule has 0 fully saturated rings. The standard InChI is InChI=1S/C7H6F3N3O3S/c8-7(9,10)17(15,16)5-3(11)1-2-13-4(5)6(12)14/h1-2H,(H2,11,13)(H2,12,14). The minimum Gasteiger partial charge on any atom is -0.398 e. The number of rotatable bonds is 2. The molecular formula is C7H6F3N3O3S. The van der Waals surface area contributed by atoms with Crippen molar-refractivity contribution >= 4 is 21.4 Å². The third-order valence-corrected chi connectivity index (χ3v) is 3.32. The Balaban J connectivity index is 3.68. The smallest absolute Gasteiger partial charge is 0.398 e. The van der Waals surface area contributed by atoms with Crippen LogP contribution in [-0.2, 0) is 9.84 Å². The number of carbonyl (C=O) groups is 1. The number of primary amides is 1. The molecule has 10 heteroatoms. The lowest BCUT2D eigenvalue weighted by molar-refractivity contribution is -0.0436. The highest BCUT2D eigenvalue weighted by Crippen LogP contribution is 2.34. The van der Waals surface area contributed by atoms with E-state index in [1.165, 1.54) is 0 Å². The second-order valence-electron chi connectivity index (χ2n) is 2.89. The van der Waals surface area contributed by atoms with Crippen molar-refractivity contribution in [1.29, 1.82) is 0 Å². The maximum atomic E-state index is 12.3. The number of nitrogens with zero attached hydrogens (tertiary/aromatic N) is 1. The highest BCUT2D eigenvalue weighted by molar-refractivity contribution is 7.92. The van der Waals surface area contributed by atoms with E-state index in [1.807, 2.05) is 0 Å². The number of hydrogen-bond acceptors (Lipinski definition) is 5. The molecule has 1 aromatic heterocycles. The first-order valence-corrected chi connectivity index (χ1v) is 5.43. The summed E-state index contributed by atoms with van der Waals surface area (Å²) < 4.78 is 59.3. The fraction of sp³-hybridized carbons (Fsp3) is 0.143. The Morgan fingerprint density at radius 2 is 1.88 bits per heavy atom. The van der Waals surface area contributed by atoms with Gasteiger partial charge in [0.15, 0.2) is 0 Å². The van der Waals surface area contributed by atoms with E-state index in [0.717, 1.165) is 12.3 Å². The van der Waals surface area contributed by atoms with Gasteiger partial charge in [-0.3, -0.25) is 4.79 Å². The summed E-state index contributed by atoms with van der Waals surface area (Å²) in [6.45, 7) is 0. The minimum atomic E-state index is -5.77. The van der Waals surface area contributed by atoms with Crippen LogP contribution in [0.1, 0.15) is 10.5 Å². The number of amides is 1. The number of nitrogen functional groups attached to an aromatic ring is 1. The van der Waals surface area contributed by atoms with Gasteiger partial charge in [0.2, 0.25) is 0 Å². The molecule has 0 atom stereocenters. The SMILES string of the molecule is NC(=O)c1nccc(N)c1S(=O)(=O)C(F)(F)F. The average molecular weight is 269 g/mol. The summed E-state index contributed by atoms with van der Waals surface area (Å²) >= 11 is 0. The molecule has 0 aliphatic rings. The van der Waals surface area contributed by atoms with Crippen LogP contribution < -0.4 is 11.5 Å². The van der Waals surface area contributed by atoms with Crippen molar-refractivity contribution < 1.29 is 26.4 Å². The second-order valence-corrected chi connectivity index (χ2v) is 4.77. The Morgan fingerprint density at radius 1 is 1.35 bits per heavy atom. The monoisotopic (exact) mass is 269 g/mol. The van der Waals surface area contributed by atoms with Crippen LogP contribution in [0.2, 0.25) is 0 Å². The van der Waals surface area contributed by atoms with Gasteiger partial charge in [-0.1, -0.05) is 0 Å². The Labute approximate surface area is 93.3 Å². The number of carbonyl (C=O) groups excluding carboxylic acids is 1. The number of alkyl halides is 3. The maximum Gasteiger partial charge on any atom is 0.502 e. The first kappa shape index (κ1) is 13.2. The summed E-state index contributed by atoms with van der Waals surface area (Å²) in [4.78, 5) is 12.6. The van der Waals surface area contributed by atoms with E-state index in [2.05, 4.69) is 4.98 Å². The molecule has 1 heterocycles. The van der Waals surface area contributed by atoms with Gasteiger partial charge < -0.3 is 11.5 Å². The van der Waals surface area contributed by atoms with Gasteiger partial charge in [-0.15, -0.1) is 0 Å². The quantitative estimate of drug-likeness (QED) is 0.787. The third kappa shape index (κ3) is 2.16. The van der Waals surface area contributed by atoms with Crippen LogP contribution in [0.25, 0.3) is 0 Å². The van der Waals surface area contributed by atoms with Crippen LogP contribution in [0.4, 0.5) is 18.9 Å². The zero-order valence-electron chi connectivity index (χ0n) is 8.02. The van der Waals surface area contributed by atoms with Gasteiger partial charge in [-0.05, 0) is 6.07 Å². The van der Waals surface area contributed by atoms with Crippen molar-refractivity contribution in [1.82, 2.24) is 4.98 Å². The van der Waals surface area contributed by atoms with Gasteiger partial charge in [0, 0.05) is 6.20 Å². The van der Waals surface area contributed by atoms with Crippen molar-refractivity contribution in [2.45, 2.75) is 10.4 Å². The van der Waals surface area contributed by atoms with E-state index in [9.17, 15) is 26.4 Å². The van der Waals surface area contributed by atoms with Crippen molar-refractivity contribution in [2.75, 3.05) is 5.73 Å². The van der Waals surface area contributed by atoms with E-state index in [0.29, 0.717) is 0 Å². The average Bonchev–Trinajstić information content (AvgIpc) is 2.14. The van der Waals surface area contributed by atoms with Crippen LogP contribution in [-0.4, -0.2) is 24.8 Å². The maximum absolute atomic E-state index is 12.3. The molecule has 0 unspecified atom stereocenters. The van der Waals surface area contributed by atoms with Crippen molar-refractivity contribution in [3.8, 4) is 0 Å². The molecule has 0 spiro atoms. The zero-order valence-corrected chi connectivity index (χ0v) is 8.84. The van der Waals surface area contributed by atoms with E-state index < -0.39 is 37.5 Å². The van der Waals surface area contributed by atoms with Crippen LogP contribution >= 0.6 is 0 Å². The number of anilines is 1. The van der Waals surface area contributed by atoms with Crippen molar-refractivity contribution in [3.05, 3.63) is 18.0 Å². The second kappa shape index (κ2) is 3.87. The first-order valence-electron chi connectivity index (χ1n) is 3.94. The summed E-state index contributed by atoms with van der Waals surface area (Å²) in [5.41, 5.74) is 2.48. The molecule has 6 nitrogen and oxygen atoms in total. The van der Waals surface area contributed by atoms with E-state index in [4.69, 9.17) is 11.5 Å². The number of hydrogen-bond donors (Lipinski definition) is 2. The molecule has 0 aliphatic heterocycles. The van der Waals surface area contributed by atoms with Crippen LogP contribution in [0, 0.1) is 0 Å². The summed E-state index contributed by atoms with van der Waals surface area (Å²) in [6, 6.07) is 0.824. The first-order chi connectivity index (χ1) is 7.59. The highest BCUT2D eigenvalue weighted by Gasteiger charge is 2.49. The number of pyridine rings is 1. The Kier molecular flexibility index (Phi) is 3.01. The molecule has 0 saturated carbocycles. The zero-order chi connectivity index (χ0) is 13.4. The van der Waals surface area contributed by atoms with E-state index in [1.54, 1.807) is 0 Å². The molecule has 1 rings (SSSR count). The highest BCUT2D eigenvalue weighted by atomic mass is 32.2. The predicted octanol–water partition coefficient (Wildman–Crippen LogP) is 0.0562. The summed E-state index contributed by atoms with van der Waals surface area (Å²) in [5, 5.41) is 0. The minimum absolute atomic E-state index is 0.744. The van der Waals surface area contributed by atoms with Gasteiger partial charge in [-0.2, -0.15) is 13.2 Å². The van der Waals surface area contributed by atoms with Gasteiger partial charge in [0.05, 0.1) is 5.69 Å². The fourth-order valence-corrected chi connectivity index (χ4v) is 2.05. The Bertz CT molecular complexity index is 567. The van der Waals surface area contributed by atoms with Gasteiger partial charge >= 0.3 is 5.51 Å². The number of aromatic nitrogens is 1. The van der Waals surface area contributed by atoms with Gasteiger partial charge in [0.1, 0.15) is 10.6 Å². The van der Waals surface area contributed by atoms with Gasteiger partial charge in [-0.25, -0.2) is 13.4 Å². The van der Waals surface area contributed by atoms with Crippen molar-refractivity contribution in [2.24, 2.45) is 5.73 Å². The normalized spacial score (nSPS) is 12.4. The van der Waals surface area contributed by atoms with Gasteiger partial charge in [0.25, 0.3) is 15.7 Å². The third-order valence-electron chi connectivity index (χ3n) is 1.74. The lowest BCUT2D eigenvalue weighted by atomic mass is 10.3. The lowest BCUT2D eigenvalue weighted by Crippen LogP contribution is -2.28. The van der Waals surface area contributed by atoms with Crippen molar-refractivity contribution in [3.63, 3.8) is 0 Å². The molecule has 0 bridgehead atoms. The Hall–Kier alpha value is -1.84. The fourth-order valence-electron chi connectivity index (χ4n) is 1.04. The molecule has 1 aromatic rings. The largest absolute Gasteiger partial charge is 0.502 e. The number of halogens is 3. The van der Waals surface area contributed by atoms with E-state index in [-0.39, 0.29) is 0 Å². The molecule has 0 radical (unpaired) electrons. The summed E-state index contributed by atoms with van der Waals surface area (Å²) in [6.07, 6.45) is 0.880. The van der Waals surface area contributed by atoms with Crippen LogP contribution in [0.3, 0.4) is 0 Å². The summed E-state index contributed by atoms with van der Waals surface area (Å²) in [7, 11) is -5.77. The molecule has 1 amide bonds. The molecular weight excluding hydrogens is 263 g/mol. The molecule has 0 saturated heterocycles. The number of nitrogens with two attached hydrogens (primary N) is 2. The molecule has 0 aromatic carbocycles. The number of sulfone groups is 1. The van der Waals surface area contributed by atoms with E-state index >= 15 is 0 Å². The van der Waals surface area contributed by atoms with Crippen LogP contribution in [0.5, 0.6) is 0 Å². The molecule has 94 valence electrons. The topological polar surface area (TPSA) is 116 Å². The Morgan fingerprint density at radius 3 is 2.29 bits per heavy atom. The molecule has 4 N–H and O–H groups in total. The predicted molar refractivity (Wildman–Crippen MR) is 50.4 cm³/mol. The molecule has 17 heavy (non-hydrogen) atoms. The van der Waals surface area contributed by atoms with Crippen LogP contribution in [0.15, 0.2) is 17.2 Å². The molecule has 0 aliphatic carbocycles. The lowest BCUT2D eigenvalue weighted by Gasteiger charge is -2.12.